The van der Waals surface area contributed by atoms with E-state index in [9.17, 15) is 13.2 Å². The lowest BCUT2D eigenvalue weighted by molar-refractivity contribution is -0.116. The van der Waals surface area contributed by atoms with Crippen LogP contribution in [0.1, 0.15) is 12.0 Å². The van der Waals surface area contributed by atoms with Crippen molar-refractivity contribution in [3.05, 3.63) is 42.0 Å². The molecular formula is C18H24ClN3O5S. The van der Waals surface area contributed by atoms with E-state index >= 15 is 0 Å². The monoisotopic (exact) mass is 429 g/mol. The van der Waals surface area contributed by atoms with E-state index in [2.05, 4.69) is 10.0 Å². The second-order valence-corrected chi connectivity index (χ2v) is 7.55. The molecule has 0 bridgehead atoms. The zero-order valence-corrected chi connectivity index (χ0v) is 17.4. The minimum absolute atomic E-state index is 0. The van der Waals surface area contributed by atoms with Gasteiger partial charge in [0, 0.05) is 30.4 Å². The number of rotatable bonds is 8. The molecule has 2 aromatic rings. The molecule has 1 amide bonds. The first-order valence-electron chi connectivity index (χ1n) is 8.14. The number of aryl methyl sites for hydroxylation is 1. The number of methoxy groups -OCH3 is 2. The third-order valence-corrected chi connectivity index (χ3v) is 5.30. The van der Waals surface area contributed by atoms with Crippen LogP contribution in [0.25, 0.3) is 0 Å². The van der Waals surface area contributed by atoms with Gasteiger partial charge in [-0.2, -0.15) is 0 Å². The van der Waals surface area contributed by atoms with Gasteiger partial charge in [-0.05, 0) is 36.8 Å². The molecule has 10 heteroatoms. The summed E-state index contributed by atoms with van der Waals surface area (Å²) in [5.74, 6) is 0.405. The third kappa shape index (κ3) is 6.01. The number of carbonyl (C=O) groups excluding carboxylic acids is 1. The molecule has 2 aromatic carbocycles. The van der Waals surface area contributed by atoms with Crippen LogP contribution in [0.3, 0.4) is 0 Å². The maximum atomic E-state index is 12.4. The highest BCUT2D eigenvalue weighted by Gasteiger charge is 2.17. The Kier molecular flexibility index (Phi) is 8.55. The minimum Gasteiger partial charge on any atom is -0.493 e. The summed E-state index contributed by atoms with van der Waals surface area (Å²) in [6, 6.07) is 9.45. The molecular weight excluding hydrogens is 406 g/mol. The summed E-state index contributed by atoms with van der Waals surface area (Å²) in [5, 5.41) is 2.72. The fraction of sp³-hybridized carbons (Fsp3) is 0.278. The van der Waals surface area contributed by atoms with Crippen molar-refractivity contribution >= 4 is 39.7 Å². The lowest BCUT2D eigenvalue weighted by Crippen LogP contribution is -2.28. The van der Waals surface area contributed by atoms with E-state index in [-0.39, 0.29) is 36.2 Å². The predicted molar refractivity (Wildman–Crippen MR) is 111 cm³/mol. The average Bonchev–Trinajstić information content (AvgIpc) is 2.63. The first kappa shape index (κ1) is 23.5. The number of hydrogen-bond donors (Lipinski definition) is 3. The third-order valence-electron chi connectivity index (χ3n) is 3.85. The molecule has 28 heavy (non-hydrogen) atoms. The Morgan fingerprint density at radius 1 is 1.07 bits per heavy atom. The summed E-state index contributed by atoms with van der Waals surface area (Å²) in [7, 11) is -0.903. The van der Waals surface area contributed by atoms with Crippen LogP contribution < -0.4 is 25.2 Å². The molecule has 0 spiro atoms. The fourth-order valence-electron chi connectivity index (χ4n) is 2.35. The van der Waals surface area contributed by atoms with Gasteiger partial charge in [0.1, 0.15) is 0 Å². The molecule has 4 N–H and O–H groups in total. The second kappa shape index (κ2) is 10.2. The van der Waals surface area contributed by atoms with E-state index in [1.807, 2.05) is 6.92 Å². The van der Waals surface area contributed by atoms with Gasteiger partial charge in [0.05, 0.1) is 19.1 Å². The maximum Gasteiger partial charge on any atom is 0.240 e. The maximum absolute atomic E-state index is 12.4. The molecule has 154 valence electrons. The van der Waals surface area contributed by atoms with Crippen molar-refractivity contribution < 1.29 is 22.7 Å². The molecule has 8 nitrogen and oxygen atoms in total. The summed E-state index contributed by atoms with van der Waals surface area (Å²) in [4.78, 5) is 12.1. The highest BCUT2D eigenvalue weighted by Crippen LogP contribution is 2.29. The van der Waals surface area contributed by atoms with Crippen LogP contribution in [0.4, 0.5) is 11.4 Å². The molecule has 0 aliphatic carbocycles. The van der Waals surface area contributed by atoms with Gasteiger partial charge >= 0.3 is 0 Å². The van der Waals surface area contributed by atoms with Crippen molar-refractivity contribution in [2.24, 2.45) is 0 Å². The lowest BCUT2D eigenvalue weighted by atomic mass is 10.2. The number of benzene rings is 2. The number of nitrogens with one attached hydrogen (secondary N) is 2. The number of halogens is 1. The molecule has 0 heterocycles. The average molecular weight is 430 g/mol. The van der Waals surface area contributed by atoms with E-state index in [4.69, 9.17) is 15.2 Å². The molecule has 0 atom stereocenters. The van der Waals surface area contributed by atoms with Crippen molar-refractivity contribution in [2.75, 3.05) is 31.8 Å². The molecule has 0 aromatic heterocycles. The van der Waals surface area contributed by atoms with Crippen LogP contribution in [-0.2, 0) is 14.8 Å². The van der Waals surface area contributed by atoms with Gasteiger partial charge in [-0.3, -0.25) is 4.79 Å². The number of amides is 1. The molecule has 0 aliphatic rings. The Morgan fingerprint density at radius 2 is 1.75 bits per heavy atom. The van der Waals surface area contributed by atoms with Crippen LogP contribution in [0.15, 0.2) is 41.3 Å². The zero-order chi connectivity index (χ0) is 20.0. The number of ether oxygens (including phenoxy) is 2. The Hall–Kier alpha value is -2.49. The number of nitrogen functional groups attached to an aromatic ring is 1. The van der Waals surface area contributed by atoms with Crippen molar-refractivity contribution in [2.45, 2.75) is 18.2 Å². The Balaban J connectivity index is 0.00000392. The largest absolute Gasteiger partial charge is 0.493 e. The molecule has 0 unspecified atom stereocenters. The molecule has 0 saturated heterocycles. The molecule has 0 fully saturated rings. The fourth-order valence-corrected chi connectivity index (χ4v) is 3.40. The van der Waals surface area contributed by atoms with Crippen molar-refractivity contribution in [1.82, 2.24) is 4.72 Å². The van der Waals surface area contributed by atoms with E-state index < -0.39 is 10.0 Å². The van der Waals surface area contributed by atoms with Crippen LogP contribution >= 0.6 is 12.4 Å². The smallest absolute Gasteiger partial charge is 0.240 e. The van der Waals surface area contributed by atoms with E-state index in [0.717, 1.165) is 5.56 Å². The summed E-state index contributed by atoms with van der Waals surface area (Å²) >= 11 is 0. The molecule has 2 rings (SSSR count). The normalized spacial score (nSPS) is 10.7. The van der Waals surface area contributed by atoms with Gasteiger partial charge in [-0.25, -0.2) is 13.1 Å². The van der Waals surface area contributed by atoms with Gasteiger partial charge in [0.25, 0.3) is 0 Å². The Labute approximate surface area is 170 Å². The molecule has 0 radical (unpaired) electrons. The summed E-state index contributed by atoms with van der Waals surface area (Å²) in [5.41, 5.74) is 7.70. The van der Waals surface area contributed by atoms with E-state index in [0.29, 0.717) is 22.9 Å². The number of anilines is 2. The predicted octanol–water partition coefficient (Wildman–Crippen LogP) is 2.32. The van der Waals surface area contributed by atoms with Crippen molar-refractivity contribution in [3.63, 3.8) is 0 Å². The van der Waals surface area contributed by atoms with Crippen molar-refractivity contribution in [1.29, 1.82) is 0 Å². The van der Waals surface area contributed by atoms with E-state index in [1.165, 1.54) is 32.4 Å². The van der Waals surface area contributed by atoms with Gasteiger partial charge in [0.2, 0.25) is 15.9 Å². The molecule has 0 saturated carbocycles. The van der Waals surface area contributed by atoms with Crippen LogP contribution in [-0.4, -0.2) is 35.1 Å². The van der Waals surface area contributed by atoms with Gasteiger partial charge in [-0.15, -0.1) is 12.4 Å². The number of nitrogens with two attached hydrogens (primary N) is 1. The standard InChI is InChI=1S/C18H23N3O5S.ClH/c1-12-4-5-13(19)10-15(12)21-18(22)8-9-20-27(23,24)14-6-7-16(25-2)17(11-14)26-3;/h4-7,10-11,20H,8-9,19H2,1-3H3,(H,21,22);1H. The van der Waals surface area contributed by atoms with Crippen LogP contribution in [0.5, 0.6) is 11.5 Å². The SMILES string of the molecule is COc1ccc(S(=O)(=O)NCCC(=O)Nc2cc(N)ccc2C)cc1OC.Cl. The highest BCUT2D eigenvalue weighted by atomic mass is 35.5. The summed E-state index contributed by atoms with van der Waals surface area (Å²) in [6.07, 6.45) is -0.0270. The summed E-state index contributed by atoms with van der Waals surface area (Å²) < 4.78 is 37.4. The lowest BCUT2D eigenvalue weighted by Gasteiger charge is -2.12. The van der Waals surface area contributed by atoms with Crippen LogP contribution in [0, 0.1) is 6.92 Å². The van der Waals surface area contributed by atoms with Gasteiger partial charge < -0.3 is 20.5 Å². The number of hydrogen-bond acceptors (Lipinski definition) is 6. The van der Waals surface area contributed by atoms with Gasteiger partial charge in [0.15, 0.2) is 11.5 Å². The number of carbonyl (C=O) groups is 1. The quantitative estimate of drug-likeness (QED) is 0.554. The topological polar surface area (TPSA) is 120 Å². The highest BCUT2D eigenvalue weighted by molar-refractivity contribution is 7.89. The van der Waals surface area contributed by atoms with Crippen molar-refractivity contribution in [3.8, 4) is 11.5 Å². The summed E-state index contributed by atoms with van der Waals surface area (Å²) in [6.45, 7) is 1.79. The van der Waals surface area contributed by atoms with Gasteiger partial charge in [-0.1, -0.05) is 6.07 Å². The molecule has 0 aliphatic heterocycles. The van der Waals surface area contributed by atoms with E-state index in [1.54, 1.807) is 18.2 Å². The number of sulfonamides is 1. The first-order chi connectivity index (χ1) is 12.8. The Bertz CT molecular complexity index is 935. The Morgan fingerprint density at radius 3 is 2.39 bits per heavy atom. The second-order valence-electron chi connectivity index (χ2n) is 5.79. The zero-order valence-electron chi connectivity index (χ0n) is 15.8. The van der Waals surface area contributed by atoms with Crippen LogP contribution in [0.2, 0.25) is 0 Å². The minimum atomic E-state index is -3.79. The first-order valence-corrected chi connectivity index (χ1v) is 9.63.